The number of methoxy groups -OCH3 is 1. The molecule has 3 rings (SSSR count). The molecule has 0 aliphatic heterocycles. The number of carbonyl (C=O) groups excluding carboxylic acids is 1. The Hall–Kier alpha value is -2.45. The molecule has 2 aromatic carbocycles. The summed E-state index contributed by atoms with van der Waals surface area (Å²) >= 11 is 2.66. The molecule has 0 bridgehead atoms. The first-order valence-corrected chi connectivity index (χ1v) is 9.46. The highest BCUT2D eigenvalue weighted by Crippen LogP contribution is 2.31. The second-order valence-electron chi connectivity index (χ2n) is 5.36. The van der Waals surface area contributed by atoms with E-state index in [0.717, 1.165) is 0 Å². The van der Waals surface area contributed by atoms with Crippen molar-refractivity contribution in [2.24, 2.45) is 0 Å². The van der Waals surface area contributed by atoms with Crippen LogP contribution in [0, 0.1) is 5.82 Å². The van der Waals surface area contributed by atoms with E-state index in [0.29, 0.717) is 26.5 Å². The number of nitrogens with zero attached hydrogens (tertiary/aromatic N) is 2. The van der Waals surface area contributed by atoms with Crippen molar-refractivity contribution in [3.63, 3.8) is 0 Å². The Balaban J connectivity index is 1.63. The van der Waals surface area contributed by atoms with Gasteiger partial charge in [0.1, 0.15) is 11.6 Å². The number of Topliss-reactive ketones (excluding diaryl/α,β-unsaturated/α-hetero) is 1. The smallest absolute Gasteiger partial charge is 0.210 e. The third-order valence-corrected chi connectivity index (χ3v) is 5.53. The van der Waals surface area contributed by atoms with Crippen molar-refractivity contribution >= 4 is 39.7 Å². The number of thioether (sulfide) groups is 1. The minimum absolute atomic E-state index is 0.00694. The maximum atomic E-state index is 13.2. The standard InChI is InChI=1S/C18H16FN3O2S2/c1-11(16(23)12-6-8-15(24-2)9-7-12)25-18-22-21-17(26-18)20-14-5-3-4-13(19)10-14/h3-11H,1-2H3,(H,20,21)/t11-/m0/s1. The molecule has 1 heterocycles. The van der Waals surface area contributed by atoms with Crippen molar-refractivity contribution in [2.45, 2.75) is 16.5 Å². The third kappa shape index (κ3) is 4.59. The Morgan fingerprint density at radius 3 is 2.69 bits per heavy atom. The second-order valence-corrected chi connectivity index (χ2v) is 7.93. The van der Waals surface area contributed by atoms with Crippen LogP contribution in [0.2, 0.25) is 0 Å². The predicted molar refractivity (Wildman–Crippen MR) is 102 cm³/mol. The van der Waals surface area contributed by atoms with Crippen LogP contribution in [0.3, 0.4) is 0 Å². The van der Waals surface area contributed by atoms with E-state index >= 15 is 0 Å². The van der Waals surface area contributed by atoms with Crippen molar-refractivity contribution < 1.29 is 13.9 Å². The number of aromatic nitrogens is 2. The van der Waals surface area contributed by atoms with Gasteiger partial charge < -0.3 is 10.1 Å². The topological polar surface area (TPSA) is 64.1 Å². The van der Waals surface area contributed by atoms with Crippen molar-refractivity contribution in [1.82, 2.24) is 10.2 Å². The van der Waals surface area contributed by atoms with Crippen LogP contribution in [0.5, 0.6) is 5.75 Å². The zero-order chi connectivity index (χ0) is 18.5. The van der Waals surface area contributed by atoms with E-state index < -0.39 is 0 Å². The summed E-state index contributed by atoms with van der Waals surface area (Å²) in [5, 5.41) is 11.4. The third-order valence-electron chi connectivity index (χ3n) is 3.50. The molecule has 3 aromatic rings. The summed E-state index contributed by atoms with van der Waals surface area (Å²) in [6.07, 6.45) is 0. The fourth-order valence-corrected chi connectivity index (χ4v) is 4.19. The number of carbonyl (C=O) groups is 1. The van der Waals surface area contributed by atoms with Gasteiger partial charge in [0.05, 0.1) is 12.4 Å². The Morgan fingerprint density at radius 2 is 2.00 bits per heavy atom. The van der Waals surface area contributed by atoms with Crippen LogP contribution < -0.4 is 10.1 Å². The Kier molecular flexibility index (Phi) is 5.85. The van der Waals surface area contributed by atoms with Gasteiger partial charge in [0.25, 0.3) is 0 Å². The summed E-state index contributed by atoms with van der Waals surface area (Å²) in [5.41, 5.74) is 1.22. The highest BCUT2D eigenvalue weighted by molar-refractivity contribution is 8.02. The van der Waals surface area contributed by atoms with Crippen LogP contribution in [0.25, 0.3) is 0 Å². The minimum Gasteiger partial charge on any atom is -0.497 e. The average Bonchev–Trinajstić information content (AvgIpc) is 3.08. The average molecular weight is 389 g/mol. The number of hydrogen-bond donors (Lipinski definition) is 1. The molecule has 0 fully saturated rings. The van der Waals surface area contributed by atoms with Gasteiger partial charge in [-0.1, -0.05) is 29.2 Å². The molecule has 0 spiro atoms. The van der Waals surface area contributed by atoms with E-state index in [4.69, 9.17) is 4.74 Å². The van der Waals surface area contributed by atoms with E-state index in [-0.39, 0.29) is 16.9 Å². The van der Waals surface area contributed by atoms with Gasteiger partial charge in [0.2, 0.25) is 5.13 Å². The van der Waals surface area contributed by atoms with E-state index in [1.807, 2.05) is 6.92 Å². The Labute approximate surface area is 158 Å². The number of ether oxygens (including phenoxy) is 1. The van der Waals surface area contributed by atoms with Crippen LogP contribution in [0.4, 0.5) is 15.2 Å². The fourth-order valence-electron chi connectivity index (χ4n) is 2.19. The molecular formula is C18H16FN3O2S2. The van der Waals surface area contributed by atoms with Crippen molar-refractivity contribution in [2.75, 3.05) is 12.4 Å². The lowest BCUT2D eigenvalue weighted by Crippen LogP contribution is -2.13. The molecule has 1 aromatic heterocycles. The van der Waals surface area contributed by atoms with Gasteiger partial charge in [-0.15, -0.1) is 10.2 Å². The minimum atomic E-state index is -0.326. The highest BCUT2D eigenvalue weighted by Gasteiger charge is 2.19. The molecule has 26 heavy (non-hydrogen) atoms. The second kappa shape index (κ2) is 8.29. The summed E-state index contributed by atoms with van der Waals surface area (Å²) in [7, 11) is 1.58. The van der Waals surface area contributed by atoms with Crippen LogP contribution in [0.1, 0.15) is 17.3 Å². The molecule has 0 aliphatic rings. The van der Waals surface area contributed by atoms with Crippen molar-refractivity contribution in [3.05, 3.63) is 59.9 Å². The zero-order valence-corrected chi connectivity index (χ0v) is 15.7. The maximum Gasteiger partial charge on any atom is 0.210 e. The first kappa shape index (κ1) is 18.3. The predicted octanol–water partition coefficient (Wildman–Crippen LogP) is 4.79. The molecule has 0 unspecified atom stereocenters. The monoisotopic (exact) mass is 389 g/mol. The first-order valence-electron chi connectivity index (χ1n) is 7.76. The lowest BCUT2D eigenvalue weighted by atomic mass is 10.1. The van der Waals surface area contributed by atoms with Gasteiger partial charge in [0, 0.05) is 11.3 Å². The van der Waals surface area contributed by atoms with E-state index in [2.05, 4.69) is 15.5 Å². The molecule has 5 nitrogen and oxygen atoms in total. The number of halogens is 1. The van der Waals surface area contributed by atoms with Gasteiger partial charge in [0.15, 0.2) is 10.1 Å². The molecule has 134 valence electrons. The van der Waals surface area contributed by atoms with Crippen LogP contribution >= 0.6 is 23.1 Å². The lowest BCUT2D eigenvalue weighted by molar-refractivity contribution is 0.0994. The SMILES string of the molecule is COc1ccc(C(=O)[C@H](C)Sc2nnc(Nc3cccc(F)c3)s2)cc1. The van der Waals surface area contributed by atoms with E-state index in [1.165, 1.54) is 35.2 Å². The summed E-state index contributed by atoms with van der Waals surface area (Å²) in [6, 6.07) is 13.1. The largest absolute Gasteiger partial charge is 0.497 e. The van der Waals surface area contributed by atoms with Crippen LogP contribution in [-0.4, -0.2) is 28.3 Å². The van der Waals surface area contributed by atoms with Gasteiger partial charge in [-0.3, -0.25) is 4.79 Å². The highest BCUT2D eigenvalue weighted by atomic mass is 32.2. The molecule has 0 radical (unpaired) electrons. The normalized spacial score (nSPS) is 11.8. The van der Waals surface area contributed by atoms with Crippen LogP contribution in [0.15, 0.2) is 52.9 Å². The maximum absolute atomic E-state index is 13.2. The summed E-state index contributed by atoms with van der Waals surface area (Å²) < 4.78 is 19.0. The first-order chi connectivity index (χ1) is 12.5. The number of hydrogen-bond acceptors (Lipinski definition) is 7. The Morgan fingerprint density at radius 1 is 1.23 bits per heavy atom. The number of ketones is 1. The molecular weight excluding hydrogens is 373 g/mol. The summed E-state index contributed by atoms with van der Waals surface area (Å²) in [4.78, 5) is 12.5. The van der Waals surface area contributed by atoms with Crippen molar-refractivity contribution in [1.29, 1.82) is 0 Å². The van der Waals surface area contributed by atoms with Crippen molar-refractivity contribution in [3.8, 4) is 5.75 Å². The van der Waals surface area contributed by atoms with Crippen LogP contribution in [-0.2, 0) is 0 Å². The van der Waals surface area contributed by atoms with Gasteiger partial charge in [-0.25, -0.2) is 4.39 Å². The fraction of sp³-hybridized carbons (Fsp3) is 0.167. The molecule has 0 aliphatic carbocycles. The Bertz CT molecular complexity index is 899. The molecule has 0 saturated heterocycles. The molecule has 0 saturated carbocycles. The van der Waals surface area contributed by atoms with E-state index in [9.17, 15) is 9.18 Å². The zero-order valence-electron chi connectivity index (χ0n) is 14.1. The quantitative estimate of drug-likeness (QED) is 0.463. The number of benzene rings is 2. The number of anilines is 2. The summed E-state index contributed by atoms with van der Waals surface area (Å²) in [5.74, 6) is 0.388. The molecule has 0 amide bonds. The number of rotatable bonds is 7. The lowest BCUT2D eigenvalue weighted by Gasteiger charge is -2.08. The van der Waals surface area contributed by atoms with Gasteiger partial charge >= 0.3 is 0 Å². The number of nitrogens with one attached hydrogen (secondary N) is 1. The van der Waals surface area contributed by atoms with Gasteiger partial charge in [-0.2, -0.15) is 0 Å². The van der Waals surface area contributed by atoms with E-state index in [1.54, 1.807) is 43.5 Å². The molecule has 1 N–H and O–H groups in total. The van der Waals surface area contributed by atoms with Gasteiger partial charge in [-0.05, 0) is 49.4 Å². The summed E-state index contributed by atoms with van der Waals surface area (Å²) in [6.45, 7) is 1.83. The molecule has 1 atom stereocenters. The molecule has 8 heteroatoms.